The Morgan fingerprint density at radius 3 is 2.39 bits per heavy atom. The Balaban J connectivity index is 1.71. The van der Waals surface area contributed by atoms with Gasteiger partial charge in [0.15, 0.2) is 5.58 Å². The maximum Gasteiger partial charge on any atom is 0.420 e. The molecule has 3 aromatic carbocycles. The zero-order chi connectivity index (χ0) is 22.0. The highest BCUT2D eigenvalue weighted by molar-refractivity contribution is 5.93. The molecule has 0 aliphatic rings. The molecule has 1 amide bonds. The first-order valence-corrected chi connectivity index (χ1v) is 10.1. The normalized spacial score (nSPS) is 11.2. The molecule has 4 aromatic rings. The number of likely N-dealkylation sites (N-methyl/N-ethyl adjacent to an activating group) is 1. The first-order valence-electron chi connectivity index (χ1n) is 10.1. The summed E-state index contributed by atoms with van der Waals surface area (Å²) in [6.07, 6.45) is 0. The molecule has 158 valence electrons. The van der Waals surface area contributed by atoms with Crippen LogP contribution in [0.3, 0.4) is 0 Å². The summed E-state index contributed by atoms with van der Waals surface area (Å²) in [6.45, 7) is 0.701. The van der Waals surface area contributed by atoms with E-state index in [1.165, 1.54) is 10.1 Å². The summed E-state index contributed by atoms with van der Waals surface area (Å²) in [5.74, 6) is -0.738. The zero-order valence-electron chi connectivity index (χ0n) is 17.9. The van der Waals surface area contributed by atoms with E-state index in [2.05, 4.69) is 17.0 Å². The van der Waals surface area contributed by atoms with Crippen molar-refractivity contribution in [2.75, 3.05) is 26.0 Å². The van der Waals surface area contributed by atoms with Gasteiger partial charge in [-0.25, -0.2) is 4.79 Å². The van der Waals surface area contributed by atoms with Crippen molar-refractivity contribution in [2.24, 2.45) is 0 Å². The van der Waals surface area contributed by atoms with Crippen LogP contribution in [0.5, 0.6) is 0 Å². The number of para-hydroxylation sites is 1. The highest BCUT2D eigenvalue weighted by Gasteiger charge is 2.17. The van der Waals surface area contributed by atoms with Crippen LogP contribution < -0.4 is 10.7 Å². The molecular weight excluding hydrogens is 390 g/mol. The number of carbonyl (C=O) groups is 1. The Labute approximate surface area is 180 Å². The Bertz CT molecular complexity index is 1270. The van der Waals surface area contributed by atoms with Crippen LogP contribution in [-0.2, 0) is 17.9 Å². The first-order chi connectivity index (χ1) is 14.9. The van der Waals surface area contributed by atoms with Gasteiger partial charge in [-0.15, -0.1) is 0 Å². The van der Waals surface area contributed by atoms with E-state index in [0.717, 1.165) is 23.4 Å². The van der Waals surface area contributed by atoms with Gasteiger partial charge in [0.05, 0.1) is 5.52 Å². The minimum absolute atomic E-state index is 0.0972. The standard InChI is InChI=1S/C25H25N3O3/c1-26(2)16-19-9-7-8-12-21(19)18-13-14-23-22(15-18)28(25(30)31-23)17-24(29)27(3)20-10-5-4-6-11-20/h4-15H,16-17H2,1-3H3. The summed E-state index contributed by atoms with van der Waals surface area (Å²) >= 11 is 0. The maximum absolute atomic E-state index is 12.9. The molecule has 0 saturated carbocycles. The van der Waals surface area contributed by atoms with Crippen LogP contribution in [0, 0.1) is 0 Å². The van der Waals surface area contributed by atoms with Crippen LogP contribution in [0.4, 0.5) is 5.69 Å². The van der Waals surface area contributed by atoms with Gasteiger partial charge in [-0.1, -0.05) is 48.5 Å². The molecule has 0 saturated heterocycles. The lowest BCUT2D eigenvalue weighted by Crippen LogP contribution is -2.32. The predicted molar refractivity (Wildman–Crippen MR) is 123 cm³/mol. The van der Waals surface area contributed by atoms with Gasteiger partial charge in [0, 0.05) is 19.3 Å². The highest BCUT2D eigenvalue weighted by atomic mass is 16.4. The highest BCUT2D eigenvalue weighted by Crippen LogP contribution is 2.28. The number of amides is 1. The van der Waals surface area contributed by atoms with Crippen LogP contribution in [0.2, 0.25) is 0 Å². The molecule has 0 fully saturated rings. The monoisotopic (exact) mass is 415 g/mol. The second-order valence-corrected chi connectivity index (χ2v) is 7.82. The van der Waals surface area contributed by atoms with Gasteiger partial charge in [-0.05, 0) is 55.1 Å². The summed E-state index contributed by atoms with van der Waals surface area (Å²) < 4.78 is 6.80. The predicted octanol–water partition coefficient (Wildman–Crippen LogP) is 3.99. The molecular formula is C25H25N3O3. The minimum Gasteiger partial charge on any atom is -0.408 e. The average molecular weight is 415 g/mol. The summed E-state index contributed by atoms with van der Waals surface area (Å²) in [4.78, 5) is 29.0. The average Bonchev–Trinajstić information content (AvgIpc) is 3.08. The van der Waals surface area contributed by atoms with Crippen molar-refractivity contribution in [3.05, 3.63) is 88.9 Å². The van der Waals surface area contributed by atoms with E-state index in [0.29, 0.717) is 11.1 Å². The van der Waals surface area contributed by atoms with E-state index in [9.17, 15) is 9.59 Å². The molecule has 1 aromatic heterocycles. The summed E-state index contributed by atoms with van der Waals surface area (Å²) in [5, 5.41) is 0. The van der Waals surface area contributed by atoms with Gasteiger partial charge in [0.1, 0.15) is 6.54 Å². The third-order valence-electron chi connectivity index (χ3n) is 5.29. The second kappa shape index (κ2) is 8.62. The fourth-order valence-corrected chi connectivity index (χ4v) is 3.70. The summed E-state index contributed by atoms with van der Waals surface area (Å²) in [5.41, 5.74) is 5.09. The minimum atomic E-state index is -0.538. The molecule has 1 heterocycles. The number of benzene rings is 3. The lowest BCUT2D eigenvalue weighted by atomic mass is 9.99. The zero-order valence-corrected chi connectivity index (χ0v) is 17.9. The molecule has 0 radical (unpaired) electrons. The quantitative estimate of drug-likeness (QED) is 0.478. The van der Waals surface area contributed by atoms with Crippen molar-refractivity contribution < 1.29 is 9.21 Å². The lowest BCUT2D eigenvalue weighted by Gasteiger charge is -2.17. The van der Waals surface area contributed by atoms with Gasteiger partial charge >= 0.3 is 5.76 Å². The molecule has 0 bridgehead atoms. The summed E-state index contributed by atoms with van der Waals surface area (Å²) in [6, 6.07) is 23.2. The van der Waals surface area contributed by atoms with Crippen molar-refractivity contribution in [3.8, 4) is 11.1 Å². The fourth-order valence-electron chi connectivity index (χ4n) is 3.70. The lowest BCUT2D eigenvalue weighted by molar-refractivity contribution is -0.118. The molecule has 0 atom stereocenters. The fraction of sp³-hybridized carbons (Fsp3) is 0.200. The van der Waals surface area contributed by atoms with Crippen LogP contribution in [0.25, 0.3) is 22.2 Å². The Morgan fingerprint density at radius 1 is 0.935 bits per heavy atom. The van der Waals surface area contributed by atoms with Crippen LogP contribution in [-0.4, -0.2) is 36.5 Å². The van der Waals surface area contributed by atoms with Crippen molar-refractivity contribution >= 4 is 22.7 Å². The van der Waals surface area contributed by atoms with Crippen molar-refractivity contribution in [1.82, 2.24) is 9.47 Å². The van der Waals surface area contributed by atoms with Crippen molar-refractivity contribution in [2.45, 2.75) is 13.1 Å². The molecule has 0 aliphatic heterocycles. The van der Waals surface area contributed by atoms with E-state index >= 15 is 0 Å². The Morgan fingerprint density at radius 2 is 1.65 bits per heavy atom. The number of fused-ring (bicyclic) bond motifs is 1. The molecule has 0 unspecified atom stereocenters. The van der Waals surface area contributed by atoms with Gasteiger partial charge < -0.3 is 14.2 Å². The van der Waals surface area contributed by atoms with Gasteiger partial charge in [0.2, 0.25) is 5.91 Å². The largest absolute Gasteiger partial charge is 0.420 e. The number of hydrogen-bond donors (Lipinski definition) is 0. The smallest absolute Gasteiger partial charge is 0.408 e. The third kappa shape index (κ3) is 4.29. The Kier molecular flexibility index (Phi) is 5.73. The van der Waals surface area contributed by atoms with E-state index in [1.54, 1.807) is 18.0 Å². The molecule has 4 rings (SSSR count). The topological polar surface area (TPSA) is 58.7 Å². The molecule has 6 heteroatoms. The third-order valence-corrected chi connectivity index (χ3v) is 5.29. The van der Waals surface area contributed by atoms with E-state index in [-0.39, 0.29) is 12.5 Å². The molecule has 0 spiro atoms. The number of aromatic nitrogens is 1. The van der Waals surface area contributed by atoms with Crippen LogP contribution >= 0.6 is 0 Å². The number of hydrogen-bond acceptors (Lipinski definition) is 4. The van der Waals surface area contributed by atoms with E-state index in [4.69, 9.17) is 4.42 Å². The number of nitrogens with zero attached hydrogens (tertiary/aromatic N) is 3. The molecule has 6 nitrogen and oxygen atoms in total. The Hall–Kier alpha value is -3.64. The van der Waals surface area contributed by atoms with E-state index < -0.39 is 5.76 Å². The number of carbonyl (C=O) groups excluding carboxylic acids is 1. The summed E-state index contributed by atoms with van der Waals surface area (Å²) in [7, 11) is 5.76. The van der Waals surface area contributed by atoms with Gasteiger partial charge in [-0.3, -0.25) is 9.36 Å². The van der Waals surface area contributed by atoms with Crippen molar-refractivity contribution in [3.63, 3.8) is 0 Å². The molecule has 0 N–H and O–H groups in total. The molecule has 0 aliphatic carbocycles. The van der Waals surface area contributed by atoms with Crippen LogP contribution in [0.15, 0.2) is 82.0 Å². The van der Waals surface area contributed by atoms with Gasteiger partial charge in [0.25, 0.3) is 0 Å². The number of rotatable bonds is 6. The second-order valence-electron chi connectivity index (χ2n) is 7.82. The molecule has 31 heavy (non-hydrogen) atoms. The first kappa shape index (κ1) is 20.6. The SMILES string of the molecule is CN(C)Cc1ccccc1-c1ccc2oc(=O)n(CC(=O)N(C)c3ccccc3)c2c1. The number of anilines is 1. The van der Waals surface area contributed by atoms with Crippen molar-refractivity contribution in [1.29, 1.82) is 0 Å². The van der Waals surface area contributed by atoms with Gasteiger partial charge in [-0.2, -0.15) is 0 Å². The maximum atomic E-state index is 12.9. The van der Waals surface area contributed by atoms with Crippen LogP contribution in [0.1, 0.15) is 5.56 Å². The number of oxazole rings is 1. The van der Waals surface area contributed by atoms with E-state index in [1.807, 2.05) is 68.7 Å².